The second-order valence-corrected chi connectivity index (χ2v) is 7.43. The van der Waals surface area contributed by atoms with Crippen LogP contribution in [0.15, 0.2) is 42.6 Å². The van der Waals surface area contributed by atoms with Crippen LogP contribution in [0, 0.1) is 17.7 Å². The van der Waals surface area contributed by atoms with Crippen molar-refractivity contribution in [2.45, 2.75) is 25.7 Å². The molecule has 0 radical (unpaired) electrons. The Bertz CT molecular complexity index is 851. The first kappa shape index (κ1) is 21.7. The predicted octanol–water partition coefficient (Wildman–Crippen LogP) is 4.34. The molecule has 1 saturated carbocycles. The largest absolute Gasteiger partial charge is 0.480 e. The van der Waals surface area contributed by atoms with Gasteiger partial charge >= 0.3 is 12.1 Å². The van der Waals surface area contributed by atoms with Crippen LogP contribution in [-0.4, -0.2) is 42.0 Å². The summed E-state index contributed by atoms with van der Waals surface area (Å²) in [6, 6.07) is 9.32. The summed E-state index contributed by atoms with van der Waals surface area (Å²) in [4.78, 5) is 27.0. The smallest absolute Gasteiger partial charge is 0.411 e. The number of aromatic nitrogens is 1. The van der Waals surface area contributed by atoms with Crippen LogP contribution >= 0.6 is 0 Å². The average Bonchev–Trinajstić information content (AvgIpc) is 2.74. The number of anilines is 1. The fraction of sp³-hybridized carbons (Fsp3) is 0.409. The van der Waals surface area contributed by atoms with Crippen molar-refractivity contribution in [3.8, 4) is 11.3 Å². The molecule has 1 fully saturated rings. The number of nitrogens with zero attached hydrogens (tertiary/aromatic N) is 1. The van der Waals surface area contributed by atoms with Gasteiger partial charge in [0.1, 0.15) is 12.4 Å². The average molecular weight is 416 g/mol. The molecule has 0 saturated heterocycles. The molecule has 0 bridgehead atoms. The number of pyridine rings is 1. The number of carboxylic acid groups (broad SMARTS) is 1. The number of carbonyl (C=O) groups excluding carboxylic acids is 1. The summed E-state index contributed by atoms with van der Waals surface area (Å²) < 4.78 is 23.7. The topological polar surface area (TPSA) is 97.8 Å². The van der Waals surface area contributed by atoms with E-state index < -0.39 is 12.1 Å². The minimum atomic E-state index is -0.959. The van der Waals surface area contributed by atoms with Crippen LogP contribution in [0.5, 0.6) is 0 Å². The Morgan fingerprint density at radius 1 is 1.07 bits per heavy atom. The molecule has 8 heteroatoms. The number of benzene rings is 1. The number of rotatable bonds is 8. The number of carbonyl (C=O) groups is 2. The Labute approximate surface area is 174 Å². The Morgan fingerprint density at radius 2 is 1.73 bits per heavy atom. The van der Waals surface area contributed by atoms with Crippen molar-refractivity contribution in [3.63, 3.8) is 0 Å². The Kier molecular flexibility index (Phi) is 7.73. The van der Waals surface area contributed by atoms with Crippen molar-refractivity contribution in [1.82, 2.24) is 4.98 Å². The van der Waals surface area contributed by atoms with Crippen LogP contribution in [0.4, 0.5) is 14.9 Å². The molecule has 1 aliphatic carbocycles. The summed E-state index contributed by atoms with van der Waals surface area (Å²) in [5.41, 5.74) is 1.72. The number of nitrogens with one attached hydrogen (secondary N) is 1. The maximum Gasteiger partial charge on any atom is 0.411 e. The van der Waals surface area contributed by atoms with E-state index >= 15 is 0 Å². The lowest BCUT2D eigenvalue weighted by Gasteiger charge is -2.27. The number of aliphatic carboxylic acids is 1. The lowest BCUT2D eigenvalue weighted by Crippen LogP contribution is -2.25. The van der Waals surface area contributed by atoms with Gasteiger partial charge in [0, 0.05) is 11.8 Å². The highest BCUT2D eigenvalue weighted by atomic mass is 19.1. The second kappa shape index (κ2) is 10.7. The molecule has 0 aliphatic heterocycles. The molecule has 2 aromatic rings. The van der Waals surface area contributed by atoms with Crippen molar-refractivity contribution in [2.75, 3.05) is 25.1 Å². The van der Waals surface area contributed by atoms with E-state index in [0.717, 1.165) is 25.7 Å². The van der Waals surface area contributed by atoms with Gasteiger partial charge in [0.25, 0.3) is 0 Å². The summed E-state index contributed by atoms with van der Waals surface area (Å²) in [5.74, 6) is -0.675. The monoisotopic (exact) mass is 416 g/mol. The molecule has 1 aromatic carbocycles. The predicted molar refractivity (Wildman–Crippen MR) is 109 cm³/mol. The molecule has 3 rings (SSSR count). The molecule has 2 N–H and O–H groups in total. The number of hydrogen-bond donors (Lipinski definition) is 2. The highest BCUT2D eigenvalue weighted by molar-refractivity contribution is 5.90. The van der Waals surface area contributed by atoms with Crippen molar-refractivity contribution in [1.29, 1.82) is 0 Å². The molecule has 0 unspecified atom stereocenters. The first-order chi connectivity index (χ1) is 14.5. The number of amides is 1. The summed E-state index contributed by atoms with van der Waals surface area (Å²) in [5, 5.41) is 11.3. The fourth-order valence-electron chi connectivity index (χ4n) is 3.56. The van der Waals surface area contributed by atoms with Crippen LogP contribution in [0.2, 0.25) is 0 Å². The number of hydrogen-bond acceptors (Lipinski definition) is 5. The van der Waals surface area contributed by atoms with Gasteiger partial charge in [0.05, 0.1) is 24.6 Å². The van der Waals surface area contributed by atoms with Crippen molar-refractivity contribution in [3.05, 3.63) is 48.4 Å². The van der Waals surface area contributed by atoms with Crippen LogP contribution in [-0.2, 0) is 14.3 Å². The third-order valence-electron chi connectivity index (χ3n) is 5.16. The van der Waals surface area contributed by atoms with Crippen molar-refractivity contribution >= 4 is 17.7 Å². The van der Waals surface area contributed by atoms with Gasteiger partial charge in [-0.2, -0.15) is 0 Å². The van der Waals surface area contributed by atoms with E-state index in [2.05, 4.69) is 10.3 Å². The standard InChI is InChI=1S/C22H25FN2O5/c23-18-9-7-17(8-10-18)21-19(2-1-11-24-21)25-22(28)30-13-16-5-3-15(4-6-16)12-29-14-20(26)27/h1-2,7-11,15-16H,3-6,12-14H2,(H,25,28)(H,26,27). The molecule has 0 atom stereocenters. The SMILES string of the molecule is O=C(O)COCC1CCC(COC(=O)Nc2cccnc2-c2ccc(F)cc2)CC1. The van der Waals surface area contributed by atoms with Crippen LogP contribution < -0.4 is 5.32 Å². The van der Waals surface area contributed by atoms with Crippen LogP contribution in [0.25, 0.3) is 11.3 Å². The molecule has 30 heavy (non-hydrogen) atoms. The molecule has 160 valence electrons. The molecular formula is C22H25FN2O5. The lowest BCUT2D eigenvalue weighted by molar-refractivity contribution is -0.142. The second-order valence-electron chi connectivity index (χ2n) is 7.43. The Hall–Kier alpha value is -3.00. The van der Waals surface area contributed by atoms with E-state index in [1.165, 1.54) is 12.1 Å². The summed E-state index contributed by atoms with van der Waals surface area (Å²) in [7, 11) is 0. The third kappa shape index (κ3) is 6.52. The molecule has 1 aliphatic rings. The van der Waals surface area contributed by atoms with E-state index in [4.69, 9.17) is 14.6 Å². The van der Waals surface area contributed by atoms with E-state index in [-0.39, 0.29) is 18.3 Å². The normalized spacial score (nSPS) is 18.6. The zero-order valence-corrected chi connectivity index (χ0v) is 16.6. The lowest BCUT2D eigenvalue weighted by atomic mass is 9.83. The van der Waals surface area contributed by atoms with Crippen LogP contribution in [0.1, 0.15) is 25.7 Å². The molecule has 1 amide bonds. The first-order valence-electron chi connectivity index (χ1n) is 9.95. The quantitative estimate of drug-likeness (QED) is 0.664. The summed E-state index contributed by atoms with van der Waals surface area (Å²) in [6.45, 7) is 0.506. The maximum absolute atomic E-state index is 13.2. The molecule has 1 heterocycles. The Balaban J connectivity index is 1.45. The highest BCUT2D eigenvalue weighted by Gasteiger charge is 2.23. The molecule has 1 aromatic heterocycles. The van der Waals surface area contributed by atoms with Gasteiger partial charge in [-0.25, -0.2) is 14.0 Å². The van der Waals surface area contributed by atoms with Gasteiger partial charge in [-0.1, -0.05) is 0 Å². The number of halogens is 1. The number of ether oxygens (including phenoxy) is 2. The summed E-state index contributed by atoms with van der Waals surface area (Å²) in [6.07, 6.45) is 4.70. The van der Waals surface area contributed by atoms with E-state index in [1.54, 1.807) is 30.5 Å². The van der Waals surface area contributed by atoms with Crippen molar-refractivity contribution in [2.24, 2.45) is 11.8 Å². The van der Waals surface area contributed by atoms with Gasteiger partial charge in [-0.15, -0.1) is 0 Å². The van der Waals surface area contributed by atoms with E-state index in [9.17, 15) is 14.0 Å². The first-order valence-corrected chi connectivity index (χ1v) is 9.95. The van der Waals surface area contributed by atoms with Gasteiger partial charge in [-0.05, 0) is 73.9 Å². The fourth-order valence-corrected chi connectivity index (χ4v) is 3.56. The molecule has 7 nitrogen and oxygen atoms in total. The highest BCUT2D eigenvalue weighted by Crippen LogP contribution is 2.30. The van der Waals surface area contributed by atoms with Gasteiger partial charge in [-0.3, -0.25) is 10.3 Å². The van der Waals surface area contributed by atoms with E-state index in [1.807, 2.05) is 0 Å². The Morgan fingerprint density at radius 3 is 2.40 bits per heavy atom. The van der Waals surface area contributed by atoms with Crippen molar-refractivity contribution < 1.29 is 28.6 Å². The minimum absolute atomic E-state index is 0.266. The van der Waals surface area contributed by atoms with Crippen LogP contribution in [0.3, 0.4) is 0 Å². The summed E-state index contributed by atoms with van der Waals surface area (Å²) >= 11 is 0. The third-order valence-corrected chi connectivity index (χ3v) is 5.16. The maximum atomic E-state index is 13.2. The van der Waals surface area contributed by atoms with E-state index in [0.29, 0.717) is 36.1 Å². The number of carboxylic acids is 1. The van der Waals surface area contributed by atoms with Gasteiger partial charge in [0.2, 0.25) is 0 Å². The zero-order valence-electron chi connectivity index (χ0n) is 16.6. The van der Waals surface area contributed by atoms with Gasteiger partial charge < -0.3 is 14.6 Å². The minimum Gasteiger partial charge on any atom is -0.480 e. The molecular weight excluding hydrogens is 391 g/mol. The zero-order chi connectivity index (χ0) is 21.3. The molecule has 0 spiro atoms. The van der Waals surface area contributed by atoms with Gasteiger partial charge in [0.15, 0.2) is 0 Å².